The van der Waals surface area contributed by atoms with Crippen LogP contribution in [0.4, 0.5) is 4.39 Å². The summed E-state index contributed by atoms with van der Waals surface area (Å²) in [6.45, 7) is 5.17. The van der Waals surface area contributed by atoms with Gasteiger partial charge in [0.2, 0.25) is 5.43 Å². The Balaban J connectivity index is 1.19. The molecule has 0 radical (unpaired) electrons. The molecule has 7 nitrogen and oxygen atoms in total. The van der Waals surface area contributed by atoms with Gasteiger partial charge < -0.3 is 23.4 Å². The Bertz CT molecular complexity index is 2140. The minimum absolute atomic E-state index is 0.116. The van der Waals surface area contributed by atoms with Crippen molar-refractivity contribution in [2.75, 3.05) is 19.8 Å². The number of halogens is 1. The summed E-state index contributed by atoms with van der Waals surface area (Å²) in [6, 6.07) is 30.8. The Hall–Kier alpha value is -5.63. The molecule has 0 saturated carbocycles. The fourth-order valence-electron chi connectivity index (χ4n) is 5.89. The van der Waals surface area contributed by atoms with Crippen molar-refractivity contribution < 1.29 is 32.5 Å². The van der Waals surface area contributed by atoms with Gasteiger partial charge in [-0.3, -0.25) is 9.59 Å². The highest BCUT2D eigenvalue weighted by atomic mass is 19.1. The molecule has 0 saturated heterocycles. The SMILES string of the molecule is CCOC(=O)CCc1c(OCCCOc2cc(OCc3ccccc3)c(-c3ccc(F)cc3)cc2CC)ccc2c(=O)c3ccccc3oc12. The second kappa shape index (κ2) is 16.2. The van der Waals surface area contributed by atoms with Crippen molar-refractivity contribution in [3.8, 4) is 28.4 Å². The van der Waals surface area contributed by atoms with Gasteiger partial charge in [-0.2, -0.15) is 0 Å². The van der Waals surface area contributed by atoms with Gasteiger partial charge in [0.1, 0.15) is 40.8 Å². The number of esters is 1. The summed E-state index contributed by atoms with van der Waals surface area (Å²) in [6.07, 6.45) is 1.68. The minimum Gasteiger partial charge on any atom is -0.493 e. The number of rotatable bonds is 15. The van der Waals surface area contributed by atoms with Crippen molar-refractivity contribution in [3.05, 3.63) is 136 Å². The van der Waals surface area contributed by atoms with Gasteiger partial charge in [0.15, 0.2) is 0 Å². The fraction of sp³-hybridized carbons (Fsp3) is 0.238. The van der Waals surface area contributed by atoms with Gasteiger partial charge >= 0.3 is 5.97 Å². The number of hydrogen-bond donors (Lipinski definition) is 0. The van der Waals surface area contributed by atoms with Crippen molar-refractivity contribution in [1.82, 2.24) is 0 Å². The Morgan fingerprint density at radius 3 is 2.26 bits per heavy atom. The second-order valence-corrected chi connectivity index (χ2v) is 11.8. The number of hydrogen-bond acceptors (Lipinski definition) is 7. The molecule has 5 aromatic carbocycles. The molecular formula is C42H39FO7. The average molecular weight is 675 g/mol. The molecule has 0 spiro atoms. The van der Waals surface area contributed by atoms with Crippen molar-refractivity contribution >= 4 is 27.9 Å². The summed E-state index contributed by atoms with van der Waals surface area (Å²) < 4.78 is 44.0. The number of ether oxygens (including phenoxy) is 4. The molecule has 1 heterocycles. The molecular weight excluding hydrogens is 635 g/mol. The summed E-state index contributed by atoms with van der Waals surface area (Å²) in [7, 11) is 0. The zero-order chi connectivity index (χ0) is 34.9. The molecule has 1 aromatic heterocycles. The summed E-state index contributed by atoms with van der Waals surface area (Å²) in [4.78, 5) is 25.6. The van der Waals surface area contributed by atoms with E-state index in [1.807, 2.05) is 48.5 Å². The molecule has 0 amide bonds. The van der Waals surface area contributed by atoms with Crippen LogP contribution in [-0.2, 0) is 29.0 Å². The topological polar surface area (TPSA) is 84.2 Å². The Morgan fingerprint density at radius 1 is 0.760 bits per heavy atom. The van der Waals surface area contributed by atoms with E-state index in [-0.39, 0.29) is 36.7 Å². The monoisotopic (exact) mass is 674 g/mol. The Labute approximate surface area is 290 Å². The molecule has 0 aliphatic carbocycles. The van der Waals surface area contributed by atoms with Gasteiger partial charge in [0, 0.05) is 30.0 Å². The van der Waals surface area contributed by atoms with Gasteiger partial charge in [-0.25, -0.2) is 4.39 Å². The maximum absolute atomic E-state index is 13.8. The average Bonchev–Trinajstić information content (AvgIpc) is 3.14. The molecule has 256 valence electrons. The van der Waals surface area contributed by atoms with Crippen LogP contribution in [0.15, 0.2) is 112 Å². The smallest absolute Gasteiger partial charge is 0.306 e. The minimum atomic E-state index is -0.337. The van der Waals surface area contributed by atoms with Gasteiger partial charge in [-0.15, -0.1) is 0 Å². The predicted molar refractivity (Wildman–Crippen MR) is 193 cm³/mol. The third-order valence-corrected chi connectivity index (χ3v) is 8.43. The molecule has 6 rings (SSSR count). The van der Waals surface area contributed by atoms with E-state index in [0.29, 0.717) is 71.0 Å². The van der Waals surface area contributed by atoms with E-state index in [9.17, 15) is 14.0 Å². The molecule has 50 heavy (non-hydrogen) atoms. The highest BCUT2D eigenvalue weighted by Gasteiger charge is 2.18. The van der Waals surface area contributed by atoms with E-state index in [0.717, 1.165) is 28.7 Å². The maximum Gasteiger partial charge on any atom is 0.306 e. The largest absolute Gasteiger partial charge is 0.493 e. The van der Waals surface area contributed by atoms with Crippen LogP contribution in [-0.4, -0.2) is 25.8 Å². The van der Waals surface area contributed by atoms with Crippen molar-refractivity contribution in [3.63, 3.8) is 0 Å². The third kappa shape index (κ3) is 7.97. The highest BCUT2D eigenvalue weighted by molar-refractivity contribution is 5.92. The predicted octanol–water partition coefficient (Wildman–Crippen LogP) is 9.24. The number of carbonyl (C=O) groups excluding carboxylic acids is 1. The van der Waals surface area contributed by atoms with Crippen LogP contribution in [0.2, 0.25) is 0 Å². The molecule has 0 bridgehead atoms. The fourth-order valence-corrected chi connectivity index (χ4v) is 5.89. The number of para-hydroxylation sites is 1. The maximum atomic E-state index is 13.8. The summed E-state index contributed by atoms with van der Waals surface area (Å²) in [5.74, 6) is 1.24. The molecule has 0 atom stereocenters. The van der Waals surface area contributed by atoms with Crippen LogP contribution < -0.4 is 19.6 Å². The van der Waals surface area contributed by atoms with Crippen LogP contribution in [0.3, 0.4) is 0 Å². The number of benzene rings is 5. The second-order valence-electron chi connectivity index (χ2n) is 11.8. The van der Waals surface area contributed by atoms with Crippen LogP contribution in [0.25, 0.3) is 33.1 Å². The zero-order valence-corrected chi connectivity index (χ0v) is 28.2. The van der Waals surface area contributed by atoms with Gasteiger partial charge in [-0.05, 0) is 78.9 Å². The normalized spacial score (nSPS) is 11.1. The van der Waals surface area contributed by atoms with Gasteiger partial charge in [-0.1, -0.05) is 61.5 Å². The van der Waals surface area contributed by atoms with Crippen LogP contribution >= 0.6 is 0 Å². The molecule has 0 fully saturated rings. The first-order chi connectivity index (χ1) is 24.4. The summed E-state index contributed by atoms with van der Waals surface area (Å²) in [5, 5.41) is 0.924. The molecule has 8 heteroatoms. The van der Waals surface area contributed by atoms with Crippen LogP contribution in [0.1, 0.15) is 43.4 Å². The lowest BCUT2D eigenvalue weighted by atomic mass is 10.00. The summed E-state index contributed by atoms with van der Waals surface area (Å²) >= 11 is 0. The standard InChI is InChI=1S/C42H39FO7/c1-3-29-25-35(30-15-17-31(43)18-16-30)39(49-27-28-11-6-5-7-12-28)26-38(29)48-24-10-23-47-36-21-19-34-41(45)32-13-8-9-14-37(32)50-42(34)33(36)20-22-40(44)46-4-2/h5-9,11-19,21,25-26H,3-4,10,20,22-24,27H2,1-2H3. The lowest BCUT2D eigenvalue weighted by molar-refractivity contribution is -0.143. The Kier molecular flexibility index (Phi) is 11.1. The molecule has 0 aliphatic rings. The van der Waals surface area contributed by atoms with Crippen molar-refractivity contribution in [2.24, 2.45) is 0 Å². The molecule has 0 N–H and O–H groups in total. The van der Waals surface area contributed by atoms with E-state index in [1.54, 1.807) is 49.4 Å². The quantitative estimate of drug-likeness (QED) is 0.0610. The lowest BCUT2D eigenvalue weighted by Gasteiger charge is -2.18. The van der Waals surface area contributed by atoms with Crippen molar-refractivity contribution in [2.45, 2.75) is 46.1 Å². The van der Waals surface area contributed by atoms with Gasteiger partial charge in [0.05, 0.1) is 30.6 Å². The van der Waals surface area contributed by atoms with Crippen LogP contribution in [0.5, 0.6) is 17.2 Å². The van der Waals surface area contributed by atoms with Crippen LogP contribution in [0, 0.1) is 5.82 Å². The number of aryl methyl sites for hydroxylation is 2. The van der Waals surface area contributed by atoms with E-state index in [2.05, 4.69) is 6.92 Å². The van der Waals surface area contributed by atoms with E-state index in [1.165, 1.54) is 12.1 Å². The highest BCUT2D eigenvalue weighted by Crippen LogP contribution is 2.37. The third-order valence-electron chi connectivity index (χ3n) is 8.43. The van der Waals surface area contributed by atoms with Crippen molar-refractivity contribution in [1.29, 1.82) is 0 Å². The van der Waals surface area contributed by atoms with E-state index in [4.69, 9.17) is 23.4 Å². The number of fused-ring (bicyclic) bond motifs is 2. The summed E-state index contributed by atoms with van der Waals surface area (Å²) in [5.41, 5.74) is 5.12. The van der Waals surface area contributed by atoms with Gasteiger partial charge in [0.25, 0.3) is 0 Å². The van der Waals surface area contributed by atoms with E-state index < -0.39 is 0 Å². The molecule has 0 unspecified atom stereocenters. The Morgan fingerprint density at radius 2 is 1.50 bits per heavy atom. The number of carbonyl (C=O) groups is 1. The lowest BCUT2D eigenvalue weighted by Crippen LogP contribution is -2.10. The first-order valence-corrected chi connectivity index (χ1v) is 16.9. The first kappa shape index (κ1) is 34.2. The first-order valence-electron chi connectivity index (χ1n) is 16.9. The van der Waals surface area contributed by atoms with E-state index >= 15 is 0 Å². The molecule has 6 aromatic rings. The zero-order valence-electron chi connectivity index (χ0n) is 28.2. The molecule has 0 aliphatic heterocycles.